The van der Waals surface area contributed by atoms with Crippen molar-refractivity contribution < 1.29 is 14.4 Å². The number of carbonyl (C=O) groups is 3. The van der Waals surface area contributed by atoms with Crippen molar-refractivity contribution in [1.29, 1.82) is 0 Å². The predicted molar refractivity (Wildman–Crippen MR) is 73.1 cm³/mol. The summed E-state index contributed by atoms with van der Waals surface area (Å²) in [5.74, 6) is -0.826. The highest BCUT2D eigenvalue weighted by molar-refractivity contribution is 6.10. The van der Waals surface area contributed by atoms with Gasteiger partial charge in [-0.25, -0.2) is 0 Å². The van der Waals surface area contributed by atoms with Gasteiger partial charge in [0.15, 0.2) is 5.78 Å². The highest BCUT2D eigenvalue weighted by atomic mass is 16.2. The van der Waals surface area contributed by atoms with Gasteiger partial charge in [0, 0.05) is 5.56 Å². The number of aryl methyl sites for hydroxylation is 1. The quantitative estimate of drug-likeness (QED) is 0.624. The monoisotopic (exact) mass is 271 g/mol. The van der Waals surface area contributed by atoms with Crippen LogP contribution in [0.1, 0.15) is 35.2 Å². The van der Waals surface area contributed by atoms with Gasteiger partial charge in [0.25, 0.3) is 0 Å². The van der Waals surface area contributed by atoms with E-state index >= 15 is 0 Å². The largest absolute Gasteiger partial charge is 0.292 e. The number of fused-ring (bicyclic) bond motifs is 1. The molecule has 20 heavy (non-hydrogen) atoms. The Morgan fingerprint density at radius 3 is 2.45 bits per heavy atom. The van der Waals surface area contributed by atoms with Gasteiger partial charge in [-0.1, -0.05) is 30.2 Å². The van der Waals surface area contributed by atoms with Crippen molar-refractivity contribution in [1.82, 2.24) is 4.90 Å². The van der Waals surface area contributed by atoms with Crippen molar-refractivity contribution in [3.05, 3.63) is 35.4 Å². The van der Waals surface area contributed by atoms with Crippen molar-refractivity contribution in [2.45, 2.75) is 26.2 Å². The fraction of sp³-hybridized carbons (Fsp3) is 0.438. The van der Waals surface area contributed by atoms with Gasteiger partial charge in [0.2, 0.25) is 11.8 Å². The number of imide groups is 1. The third-order valence-corrected chi connectivity index (χ3v) is 4.32. The van der Waals surface area contributed by atoms with Gasteiger partial charge in [0.1, 0.15) is 0 Å². The maximum absolute atomic E-state index is 12.2. The molecule has 2 atom stereocenters. The Bertz CT molecular complexity index is 571. The van der Waals surface area contributed by atoms with E-state index in [-0.39, 0.29) is 36.0 Å². The van der Waals surface area contributed by atoms with Crippen LogP contribution in [0.5, 0.6) is 0 Å². The minimum Gasteiger partial charge on any atom is -0.292 e. The molecule has 4 nitrogen and oxygen atoms in total. The number of ketones is 1. The first-order valence-electron chi connectivity index (χ1n) is 7.03. The first-order valence-corrected chi connectivity index (χ1v) is 7.03. The molecule has 3 rings (SSSR count). The molecular weight excluding hydrogens is 254 g/mol. The van der Waals surface area contributed by atoms with Gasteiger partial charge < -0.3 is 0 Å². The molecule has 1 heterocycles. The summed E-state index contributed by atoms with van der Waals surface area (Å²) in [4.78, 5) is 37.8. The molecule has 1 saturated carbocycles. The third kappa shape index (κ3) is 2.05. The minimum atomic E-state index is -0.173. The number of benzene rings is 1. The van der Waals surface area contributed by atoms with Gasteiger partial charge in [-0.15, -0.1) is 0 Å². The number of amides is 2. The zero-order valence-electron chi connectivity index (χ0n) is 11.5. The fourth-order valence-corrected chi connectivity index (χ4v) is 3.27. The molecule has 0 radical (unpaired) electrons. The van der Waals surface area contributed by atoms with E-state index < -0.39 is 0 Å². The first-order chi connectivity index (χ1) is 9.58. The topological polar surface area (TPSA) is 54.5 Å². The Labute approximate surface area is 117 Å². The lowest BCUT2D eigenvalue weighted by Crippen LogP contribution is -2.36. The summed E-state index contributed by atoms with van der Waals surface area (Å²) in [6, 6.07) is 7.23. The maximum Gasteiger partial charge on any atom is 0.233 e. The molecule has 1 aliphatic heterocycles. The molecule has 2 aliphatic rings. The summed E-state index contributed by atoms with van der Waals surface area (Å²) in [7, 11) is 0. The van der Waals surface area contributed by atoms with E-state index in [0.29, 0.717) is 5.56 Å². The van der Waals surface area contributed by atoms with Crippen molar-refractivity contribution in [2.24, 2.45) is 11.8 Å². The van der Waals surface area contributed by atoms with Crippen LogP contribution in [0.4, 0.5) is 0 Å². The molecule has 0 bridgehead atoms. The molecule has 2 amide bonds. The molecule has 0 N–H and O–H groups in total. The molecule has 4 heteroatoms. The average Bonchev–Trinajstić information content (AvgIpc) is 2.99. The molecule has 1 aromatic rings. The first kappa shape index (κ1) is 13.0. The Morgan fingerprint density at radius 2 is 1.85 bits per heavy atom. The summed E-state index contributed by atoms with van der Waals surface area (Å²) in [6.45, 7) is 1.79. The second kappa shape index (κ2) is 4.85. The molecule has 2 unspecified atom stereocenters. The zero-order chi connectivity index (χ0) is 14.3. The normalized spacial score (nSPS) is 25.1. The highest BCUT2D eigenvalue weighted by Gasteiger charge is 2.49. The molecule has 1 aliphatic carbocycles. The van der Waals surface area contributed by atoms with E-state index in [2.05, 4.69) is 0 Å². The van der Waals surface area contributed by atoms with Crippen molar-refractivity contribution in [3.63, 3.8) is 0 Å². The highest BCUT2D eigenvalue weighted by Crippen LogP contribution is 2.39. The van der Waals surface area contributed by atoms with Gasteiger partial charge in [-0.05, 0) is 25.8 Å². The second-order valence-electron chi connectivity index (χ2n) is 5.70. The Kier molecular flexibility index (Phi) is 3.16. The van der Waals surface area contributed by atoms with Crippen LogP contribution >= 0.6 is 0 Å². The van der Waals surface area contributed by atoms with E-state index in [1.165, 1.54) is 4.90 Å². The molecular formula is C16H17NO3. The van der Waals surface area contributed by atoms with Crippen LogP contribution in [0.15, 0.2) is 24.3 Å². The van der Waals surface area contributed by atoms with E-state index in [0.717, 1.165) is 24.8 Å². The number of nitrogens with zero attached hydrogens (tertiary/aromatic N) is 1. The fourth-order valence-electron chi connectivity index (χ4n) is 3.27. The van der Waals surface area contributed by atoms with Crippen LogP contribution in [0, 0.1) is 18.8 Å². The van der Waals surface area contributed by atoms with Crippen LogP contribution in [0.25, 0.3) is 0 Å². The Morgan fingerprint density at radius 1 is 1.20 bits per heavy atom. The second-order valence-corrected chi connectivity index (χ2v) is 5.70. The summed E-state index contributed by atoms with van der Waals surface area (Å²) in [5.41, 5.74) is 1.55. The van der Waals surface area contributed by atoms with Crippen LogP contribution in [0.3, 0.4) is 0 Å². The Balaban J connectivity index is 1.77. The van der Waals surface area contributed by atoms with E-state index in [1.807, 2.05) is 19.1 Å². The number of hydrogen-bond donors (Lipinski definition) is 0. The van der Waals surface area contributed by atoms with Gasteiger partial charge in [-0.3, -0.25) is 19.3 Å². The van der Waals surface area contributed by atoms with Crippen molar-refractivity contribution in [2.75, 3.05) is 6.54 Å². The molecule has 2 fully saturated rings. The van der Waals surface area contributed by atoms with Gasteiger partial charge in [-0.2, -0.15) is 0 Å². The van der Waals surface area contributed by atoms with Crippen LogP contribution < -0.4 is 0 Å². The van der Waals surface area contributed by atoms with Crippen LogP contribution in [0.2, 0.25) is 0 Å². The van der Waals surface area contributed by atoms with Gasteiger partial charge >= 0.3 is 0 Å². The van der Waals surface area contributed by atoms with E-state index in [4.69, 9.17) is 0 Å². The molecule has 0 aromatic heterocycles. The summed E-state index contributed by atoms with van der Waals surface area (Å²) >= 11 is 0. The summed E-state index contributed by atoms with van der Waals surface area (Å²) < 4.78 is 0. The van der Waals surface area contributed by atoms with Crippen molar-refractivity contribution in [3.8, 4) is 0 Å². The number of Topliss-reactive ketones (excluding diaryl/α,β-unsaturated/α-hetero) is 1. The lowest BCUT2D eigenvalue weighted by molar-refractivity contribution is -0.139. The number of likely N-dealkylation sites (tertiary alicyclic amines) is 1. The Hall–Kier alpha value is -1.97. The van der Waals surface area contributed by atoms with Gasteiger partial charge in [0.05, 0.1) is 18.4 Å². The zero-order valence-corrected chi connectivity index (χ0v) is 11.5. The van der Waals surface area contributed by atoms with Crippen molar-refractivity contribution >= 4 is 17.6 Å². The molecule has 0 spiro atoms. The standard InChI is InChI=1S/C16H17NO3/c1-10-4-2-5-11(8-10)14(18)9-17-15(19)12-6-3-7-13(12)16(17)20/h2,4-5,8,12-13H,3,6-7,9H2,1H3. The molecule has 104 valence electrons. The molecule has 1 saturated heterocycles. The minimum absolute atomic E-state index is 0.117. The van der Waals surface area contributed by atoms with E-state index in [9.17, 15) is 14.4 Å². The summed E-state index contributed by atoms with van der Waals surface area (Å²) in [6.07, 6.45) is 2.50. The number of carbonyl (C=O) groups excluding carboxylic acids is 3. The predicted octanol–water partition coefficient (Wildman–Crippen LogP) is 1.96. The number of hydrogen-bond acceptors (Lipinski definition) is 3. The lowest BCUT2D eigenvalue weighted by atomic mass is 10.00. The average molecular weight is 271 g/mol. The van der Waals surface area contributed by atoms with Crippen LogP contribution in [-0.4, -0.2) is 29.0 Å². The lowest BCUT2D eigenvalue weighted by Gasteiger charge is -2.15. The SMILES string of the molecule is Cc1cccc(C(=O)CN2C(=O)C3CCCC3C2=O)c1. The summed E-state index contributed by atoms with van der Waals surface area (Å²) in [5, 5.41) is 0. The number of rotatable bonds is 3. The van der Waals surface area contributed by atoms with E-state index in [1.54, 1.807) is 12.1 Å². The third-order valence-electron chi connectivity index (χ3n) is 4.32. The molecule has 1 aromatic carbocycles. The van der Waals surface area contributed by atoms with Crippen LogP contribution in [-0.2, 0) is 9.59 Å². The maximum atomic E-state index is 12.2. The smallest absolute Gasteiger partial charge is 0.233 e.